The van der Waals surface area contributed by atoms with Crippen LogP contribution in [0.3, 0.4) is 0 Å². The first-order chi connectivity index (χ1) is 9.97. The highest BCUT2D eigenvalue weighted by atomic mass is 35.5. The van der Waals surface area contributed by atoms with Crippen LogP contribution in [0.2, 0.25) is 5.02 Å². The third-order valence-corrected chi connectivity index (χ3v) is 4.34. The molecule has 0 bridgehead atoms. The molecule has 1 aliphatic rings. The lowest BCUT2D eigenvalue weighted by molar-refractivity contribution is -0.116. The molecule has 1 heterocycles. The SMILES string of the molecule is Cc1ccc(C(N)c2cc(Cl)c3c(c2)C(C)C(=O)N3)cc1. The Hall–Kier alpha value is -1.84. The van der Waals surface area contributed by atoms with Crippen molar-refractivity contribution in [1.29, 1.82) is 0 Å². The summed E-state index contributed by atoms with van der Waals surface area (Å²) in [6.07, 6.45) is 0. The summed E-state index contributed by atoms with van der Waals surface area (Å²) >= 11 is 6.29. The lowest BCUT2D eigenvalue weighted by Gasteiger charge is -2.15. The Bertz CT molecular complexity index is 709. The van der Waals surface area contributed by atoms with Crippen molar-refractivity contribution in [3.63, 3.8) is 0 Å². The number of nitrogens with two attached hydrogens (primary N) is 1. The van der Waals surface area contributed by atoms with Crippen molar-refractivity contribution in [3.05, 3.63) is 63.7 Å². The fourth-order valence-electron chi connectivity index (χ4n) is 2.64. The van der Waals surface area contributed by atoms with E-state index in [2.05, 4.69) is 5.32 Å². The second-order valence-corrected chi connectivity index (χ2v) is 5.97. The van der Waals surface area contributed by atoms with Gasteiger partial charge in [-0.25, -0.2) is 0 Å². The van der Waals surface area contributed by atoms with Gasteiger partial charge in [0.15, 0.2) is 0 Å². The van der Waals surface area contributed by atoms with Gasteiger partial charge in [0.2, 0.25) is 5.91 Å². The molecule has 3 N–H and O–H groups in total. The van der Waals surface area contributed by atoms with Gasteiger partial charge in [-0.1, -0.05) is 47.5 Å². The van der Waals surface area contributed by atoms with Crippen LogP contribution in [0.1, 0.15) is 41.1 Å². The number of carbonyl (C=O) groups excluding carboxylic acids is 1. The maximum atomic E-state index is 11.8. The molecule has 1 aliphatic heterocycles. The molecule has 0 saturated carbocycles. The Morgan fingerprint density at radius 1 is 1.19 bits per heavy atom. The van der Waals surface area contributed by atoms with E-state index in [4.69, 9.17) is 17.3 Å². The van der Waals surface area contributed by atoms with Gasteiger partial charge in [-0.05, 0) is 36.6 Å². The Kier molecular flexibility index (Phi) is 3.47. The molecule has 2 aromatic carbocycles. The molecule has 2 atom stereocenters. The number of carbonyl (C=O) groups is 1. The number of aryl methyl sites for hydroxylation is 1. The second kappa shape index (κ2) is 5.17. The van der Waals surface area contributed by atoms with Crippen LogP contribution in [-0.4, -0.2) is 5.91 Å². The van der Waals surface area contributed by atoms with Gasteiger partial charge in [0.25, 0.3) is 0 Å². The minimum Gasteiger partial charge on any atom is -0.324 e. The molecule has 3 nitrogen and oxygen atoms in total. The van der Waals surface area contributed by atoms with Gasteiger partial charge in [-0.3, -0.25) is 4.79 Å². The van der Waals surface area contributed by atoms with Gasteiger partial charge < -0.3 is 11.1 Å². The summed E-state index contributed by atoms with van der Waals surface area (Å²) in [5, 5.41) is 3.36. The topological polar surface area (TPSA) is 55.1 Å². The van der Waals surface area contributed by atoms with Gasteiger partial charge in [-0.2, -0.15) is 0 Å². The molecule has 21 heavy (non-hydrogen) atoms. The van der Waals surface area contributed by atoms with Crippen LogP contribution in [0, 0.1) is 6.92 Å². The van der Waals surface area contributed by atoms with Crippen LogP contribution in [0.15, 0.2) is 36.4 Å². The number of anilines is 1. The largest absolute Gasteiger partial charge is 0.324 e. The quantitative estimate of drug-likeness (QED) is 0.887. The lowest BCUT2D eigenvalue weighted by atomic mass is 9.94. The molecule has 3 rings (SSSR count). The molecular weight excluding hydrogens is 284 g/mol. The van der Waals surface area contributed by atoms with E-state index >= 15 is 0 Å². The number of hydrogen-bond donors (Lipinski definition) is 2. The molecule has 0 radical (unpaired) electrons. The average molecular weight is 301 g/mol. The molecule has 0 saturated heterocycles. The second-order valence-electron chi connectivity index (χ2n) is 5.57. The third kappa shape index (κ3) is 2.43. The van der Waals surface area contributed by atoms with E-state index in [0.29, 0.717) is 10.7 Å². The van der Waals surface area contributed by atoms with Gasteiger partial charge in [-0.15, -0.1) is 0 Å². The monoisotopic (exact) mass is 300 g/mol. The zero-order chi connectivity index (χ0) is 15.1. The van der Waals surface area contributed by atoms with Gasteiger partial charge >= 0.3 is 0 Å². The van der Waals surface area contributed by atoms with E-state index in [1.54, 1.807) is 0 Å². The van der Waals surface area contributed by atoms with E-state index < -0.39 is 0 Å². The van der Waals surface area contributed by atoms with Crippen LogP contribution >= 0.6 is 11.6 Å². The normalized spacial score (nSPS) is 18.3. The standard InChI is InChI=1S/C17H17ClN2O/c1-9-3-5-11(6-4-9)15(19)12-7-13-10(2)17(21)20-16(13)14(18)8-12/h3-8,10,15H,19H2,1-2H3,(H,20,21). The van der Waals surface area contributed by atoms with Crippen LogP contribution in [-0.2, 0) is 4.79 Å². The molecule has 1 amide bonds. The van der Waals surface area contributed by atoms with E-state index in [0.717, 1.165) is 16.7 Å². The van der Waals surface area contributed by atoms with Crippen LogP contribution in [0.5, 0.6) is 0 Å². The first-order valence-electron chi connectivity index (χ1n) is 6.93. The number of rotatable bonds is 2. The Morgan fingerprint density at radius 2 is 1.86 bits per heavy atom. The maximum Gasteiger partial charge on any atom is 0.231 e. The summed E-state index contributed by atoms with van der Waals surface area (Å²) in [7, 11) is 0. The fourth-order valence-corrected chi connectivity index (χ4v) is 2.92. The predicted octanol–water partition coefficient (Wildman–Crippen LogP) is 3.75. The third-order valence-electron chi connectivity index (χ3n) is 4.05. The summed E-state index contributed by atoms with van der Waals surface area (Å²) < 4.78 is 0. The first kappa shape index (κ1) is 14.1. The molecule has 0 aliphatic carbocycles. The summed E-state index contributed by atoms with van der Waals surface area (Å²) in [6, 6.07) is 11.7. The molecule has 2 aromatic rings. The molecule has 2 unspecified atom stereocenters. The Labute approximate surface area is 129 Å². The summed E-state index contributed by atoms with van der Waals surface area (Å²) in [6.45, 7) is 3.92. The van der Waals surface area contributed by atoms with Crippen LogP contribution < -0.4 is 11.1 Å². The van der Waals surface area contributed by atoms with Crippen molar-refractivity contribution in [2.75, 3.05) is 5.32 Å². The highest BCUT2D eigenvalue weighted by Gasteiger charge is 2.29. The van der Waals surface area contributed by atoms with Gasteiger partial charge in [0, 0.05) is 0 Å². The lowest BCUT2D eigenvalue weighted by Crippen LogP contribution is -2.12. The van der Waals surface area contributed by atoms with Crippen molar-refractivity contribution in [1.82, 2.24) is 0 Å². The Morgan fingerprint density at radius 3 is 2.52 bits per heavy atom. The smallest absolute Gasteiger partial charge is 0.231 e. The van der Waals surface area contributed by atoms with E-state index in [-0.39, 0.29) is 17.9 Å². The Balaban J connectivity index is 2.02. The number of hydrogen-bond acceptors (Lipinski definition) is 2. The number of amides is 1. The summed E-state index contributed by atoms with van der Waals surface area (Å²) in [5.41, 5.74) is 11.1. The predicted molar refractivity (Wildman–Crippen MR) is 85.7 cm³/mol. The van der Waals surface area contributed by atoms with Crippen molar-refractivity contribution < 1.29 is 4.79 Å². The zero-order valence-electron chi connectivity index (χ0n) is 12.0. The summed E-state index contributed by atoms with van der Waals surface area (Å²) in [5.74, 6) is -0.212. The minimum atomic E-state index is -0.253. The average Bonchev–Trinajstić information content (AvgIpc) is 2.76. The maximum absolute atomic E-state index is 11.8. The van der Waals surface area contributed by atoms with Crippen LogP contribution in [0.25, 0.3) is 0 Å². The highest BCUT2D eigenvalue weighted by Crippen LogP contribution is 2.40. The van der Waals surface area contributed by atoms with Crippen molar-refractivity contribution in [2.45, 2.75) is 25.8 Å². The van der Waals surface area contributed by atoms with Crippen molar-refractivity contribution >= 4 is 23.2 Å². The van der Waals surface area contributed by atoms with Crippen LogP contribution in [0.4, 0.5) is 5.69 Å². The molecular formula is C17H17ClN2O. The van der Waals surface area contributed by atoms with E-state index in [1.807, 2.05) is 50.2 Å². The number of halogens is 1. The van der Waals surface area contributed by atoms with E-state index in [9.17, 15) is 4.79 Å². The molecule has 108 valence electrons. The zero-order valence-corrected chi connectivity index (χ0v) is 12.7. The fraction of sp³-hybridized carbons (Fsp3) is 0.235. The van der Waals surface area contributed by atoms with Crippen molar-refractivity contribution in [2.24, 2.45) is 5.73 Å². The number of nitrogens with one attached hydrogen (secondary N) is 1. The van der Waals surface area contributed by atoms with Gasteiger partial charge in [0.1, 0.15) is 0 Å². The van der Waals surface area contributed by atoms with Crippen molar-refractivity contribution in [3.8, 4) is 0 Å². The number of fused-ring (bicyclic) bond motifs is 1. The first-order valence-corrected chi connectivity index (χ1v) is 7.31. The minimum absolute atomic E-state index is 0.0204. The van der Waals surface area contributed by atoms with Gasteiger partial charge in [0.05, 0.1) is 22.7 Å². The molecule has 0 fully saturated rings. The summed E-state index contributed by atoms with van der Waals surface area (Å²) in [4.78, 5) is 11.8. The molecule has 0 aromatic heterocycles. The molecule has 4 heteroatoms. The van der Waals surface area contributed by atoms with E-state index in [1.165, 1.54) is 5.56 Å². The molecule has 0 spiro atoms. The highest BCUT2D eigenvalue weighted by molar-refractivity contribution is 6.34. The number of benzene rings is 2.